The van der Waals surface area contributed by atoms with Gasteiger partial charge in [0.05, 0.1) is 19.3 Å². The fourth-order valence-electron chi connectivity index (χ4n) is 5.51. The standard InChI is InChI=1S/C20H28N4O4/c1-12-10-16(17(25)24(12)28-5)23(19(26)27)13-6-7-15-14(11-13)20(2)8-9-21(3)18(20)22(15)4/h6-7,11-12,16,18H,8-10H2,1-5H3,(H,26,27)/t12-,16+,18?,20-/m0/s1. The van der Waals surface area contributed by atoms with Crippen LogP contribution in [0.4, 0.5) is 16.2 Å². The molecule has 4 rings (SSSR count). The molecule has 3 aliphatic heterocycles. The Labute approximate surface area is 165 Å². The molecule has 4 atom stereocenters. The zero-order valence-electron chi connectivity index (χ0n) is 17.0. The van der Waals surface area contributed by atoms with Crippen molar-refractivity contribution in [3.63, 3.8) is 0 Å². The second-order valence-corrected chi connectivity index (χ2v) is 8.43. The lowest BCUT2D eigenvalue weighted by molar-refractivity contribution is -0.176. The normalized spacial score (nSPS) is 32.0. The Bertz CT molecular complexity index is 830. The maximum Gasteiger partial charge on any atom is 0.412 e. The summed E-state index contributed by atoms with van der Waals surface area (Å²) < 4.78 is 0. The number of hydrogen-bond donors (Lipinski definition) is 1. The highest BCUT2D eigenvalue weighted by atomic mass is 16.7. The van der Waals surface area contributed by atoms with Crippen LogP contribution in [0.15, 0.2) is 18.2 Å². The predicted octanol–water partition coefficient (Wildman–Crippen LogP) is 2.09. The van der Waals surface area contributed by atoms with Gasteiger partial charge in [0.15, 0.2) is 0 Å². The van der Waals surface area contributed by atoms with Gasteiger partial charge < -0.3 is 10.0 Å². The Hall–Kier alpha value is -2.32. The number of rotatable bonds is 3. The molecule has 8 nitrogen and oxygen atoms in total. The molecule has 28 heavy (non-hydrogen) atoms. The molecule has 1 N–H and O–H groups in total. The molecular weight excluding hydrogens is 360 g/mol. The van der Waals surface area contributed by atoms with Crippen LogP contribution in [-0.2, 0) is 15.0 Å². The monoisotopic (exact) mass is 388 g/mol. The third-order valence-corrected chi connectivity index (χ3v) is 6.77. The van der Waals surface area contributed by atoms with Crippen LogP contribution in [0.25, 0.3) is 0 Å². The van der Waals surface area contributed by atoms with Crippen molar-refractivity contribution in [2.45, 2.75) is 50.4 Å². The lowest BCUT2D eigenvalue weighted by Crippen LogP contribution is -2.45. The van der Waals surface area contributed by atoms with Crippen LogP contribution in [-0.4, -0.2) is 73.1 Å². The molecule has 1 unspecified atom stereocenters. The molecule has 2 saturated heterocycles. The molecule has 3 aliphatic rings. The van der Waals surface area contributed by atoms with Gasteiger partial charge >= 0.3 is 6.09 Å². The number of nitrogens with zero attached hydrogens (tertiary/aromatic N) is 4. The number of amides is 2. The maximum absolute atomic E-state index is 12.7. The van der Waals surface area contributed by atoms with E-state index in [0.29, 0.717) is 12.1 Å². The van der Waals surface area contributed by atoms with Crippen LogP contribution in [0, 0.1) is 0 Å². The third-order valence-electron chi connectivity index (χ3n) is 6.77. The summed E-state index contributed by atoms with van der Waals surface area (Å²) >= 11 is 0. The topological polar surface area (TPSA) is 76.6 Å². The molecule has 0 saturated carbocycles. The van der Waals surface area contributed by atoms with Crippen LogP contribution < -0.4 is 9.80 Å². The molecule has 0 bridgehead atoms. The molecule has 0 aliphatic carbocycles. The van der Waals surface area contributed by atoms with E-state index in [2.05, 4.69) is 30.8 Å². The molecule has 1 aromatic carbocycles. The number of likely N-dealkylation sites (tertiary alicyclic amines) is 1. The number of carboxylic acid groups (broad SMARTS) is 1. The summed E-state index contributed by atoms with van der Waals surface area (Å²) in [4.78, 5) is 35.8. The Balaban J connectivity index is 1.75. The van der Waals surface area contributed by atoms with Crippen molar-refractivity contribution >= 4 is 23.4 Å². The highest BCUT2D eigenvalue weighted by molar-refractivity contribution is 5.98. The van der Waals surface area contributed by atoms with E-state index in [0.717, 1.165) is 24.2 Å². The molecule has 152 valence electrons. The fraction of sp³-hybridized carbons (Fsp3) is 0.600. The zero-order valence-corrected chi connectivity index (χ0v) is 17.0. The molecule has 0 aromatic heterocycles. The van der Waals surface area contributed by atoms with Crippen molar-refractivity contribution < 1.29 is 19.5 Å². The number of anilines is 2. The molecular formula is C20H28N4O4. The number of hydrogen-bond acceptors (Lipinski definition) is 5. The van der Waals surface area contributed by atoms with Crippen molar-refractivity contribution in [1.29, 1.82) is 0 Å². The lowest BCUT2D eigenvalue weighted by atomic mass is 9.81. The van der Waals surface area contributed by atoms with Gasteiger partial charge in [-0.2, -0.15) is 0 Å². The minimum atomic E-state index is -1.12. The Morgan fingerprint density at radius 3 is 2.68 bits per heavy atom. The highest BCUT2D eigenvalue weighted by Gasteiger charge is 2.52. The van der Waals surface area contributed by atoms with Crippen LogP contribution in [0.5, 0.6) is 0 Å². The van der Waals surface area contributed by atoms with Crippen molar-refractivity contribution in [2.75, 3.05) is 37.5 Å². The smallest absolute Gasteiger partial charge is 0.412 e. The fourth-order valence-corrected chi connectivity index (χ4v) is 5.51. The Morgan fingerprint density at radius 1 is 1.36 bits per heavy atom. The largest absolute Gasteiger partial charge is 0.465 e. The molecule has 8 heteroatoms. The van der Waals surface area contributed by atoms with Crippen LogP contribution in [0.3, 0.4) is 0 Å². The summed E-state index contributed by atoms with van der Waals surface area (Å²) in [7, 11) is 5.65. The first-order chi connectivity index (χ1) is 13.2. The van der Waals surface area contributed by atoms with Crippen molar-refractivity contribution in [3.8, 4) is 0 Å². The first-order valence-electron chi connectivity index (χ1n) is 9.67. The van der Waals surface area contributed by atoms with E-state index in [9.17, 15) is 14.7 Å². The van der Waals surface area contributed by atoms with E-state index in [1.807, 2.05) is 19.1 Å². The van der Waals surface area contributed by atoms with E-state index in [1.165, 1.54) is 17.1 Å². The third kappa shape index (κ3) is 2.44. The van der Waals surface area contributed by atoms with E-state index >= 15 is 0 Å². The van der Waals surface area contributed by atoms with Crippen LogP contribution in [0.1, 0.15) is 32.3 Å². The molecule has 3 heterocycles. The van der Waals surface area contributed by atoms with E-state index in [1.54, 1.807) is 6.07 Å². The average molecular weight is 388 g/mol. The van der Waals surface area contributed by atoms with E-state index < -0.39 is 12.1 Å². The number of hydroxylamine groups is 2. The maximum atomic E-state index is 12.7. The summed E-state index contributed by atoms with van der Waals surface area (Å²) in [5.74, 6) is -0.320. The van der Waals surface area contributed by atoms with Gasteiger partial charge in [0.1, 0.15) is 6.04 Å². The summed E-state index contributed by atoms with van der Waals surface area (Å²) in [5.41, 5.74) is 2.75. The van der Waals surface area contributed by atoms with E-state index in [4.69, 9.17) is 4.84 Å². The van der Waals surface area contributed by atoms with Gasteiger partial charge in [0, 0.05) is 36.8 Å². The number of benzene rings is 1. The zero-order chi connectivity index (χ0) is 20.4. The van der Waals surface area contributed by atoms with Crippen molar-refractivity contribution in [1.82, 2.24) is 9.96 Å². The number of carbonyl (C=O) groups is 2. The molecule has 2 fully saturated rings. The second kappa shape index (κ2) is 6.35. The van der Waals surface area contributed by atoms with Gasteiger partial charge in [-0.1, -0.05) is 6.92 Å². The van der Waals surface area contributed by atoms with Gasteiger partial charge in [-0.25, -0.2) is 9.86 Å². The minimum absolute atomic E-state index is 0.0649. The quantitative estimate of drug-likeness (QED) is 0.855. The second-order valence-electron chi connectivity index (χ2n) is 8.43. The van der Waals surface area contributed by atoms with Gasteiger partial charge in [0.25, 0.3) is 5.91 Å². The Morgan fingerprint density at radius 2 is 2.07 bits per heavy atom. The molecule has 1 aromatic rings. The summed E-state index contributed by atoms with van der Waals surface area (Å²) in [6.45, 7) is 5.10. The average Bonchev–Trinajstić information content (AvgIpc) is 3.18. The van der Waals surface area contributed by atoms with Gasteiger partial charge in [-0.3, -0.25) is 19.4 Å². The first-order valence-corrected chi connectivity index (χ1v) is 9.67. The predicted molar refractivity (Wildman–Crippen MR) is 105 cm³/mol. The summed E-state index contributed by atoms with van der Waals surface area (Å²) in [5, 5.41) is 11.2. The molecule has 0 radical (unpaired) electrons. The number of likely N-dealkylation sites (N-methyl/N-ethyl adjacent to an activating group) is 2. The van der Waals surface area contributed by atoms with Crippen LogP contribution >= 0.6 is 0 Å². The number of fused-ring (bicyclic) bond motifs is 3. The first kappa shape index (κ1) is 19.0. The van der Waals surface area contributed by atoms with E-state index in [-0.39, 0.29) is 23.5 Å². The highest BCUT2D eigenvalue weighted by Crippen LogP contribution is 2.52. The lowest BCUT2D eigenvalue weighted by Gasteiger charge is -2.32. The van der Waals surface area contributed by atoms with Crippen molar-refractivity contribution in [2.24, 2.45) is 0 Å². The number of carbonyl (C=O) groups excluding carboxylic acids is 1. The van der Waals surface area contributed by atoms with Crippen molar-refractivity contribution in [3.05, 3.63) is 23.8 Å². The minimum Gasteiger partial charge on any atom is -0.465 e. The SMILES string of the molecule is CON1C(=O)[C@H](N(C(=O)O)c2ccc3c(c2)[C@]2(C)CCN(C)C2N3C)C[C@@H]1C. The van der Waals surface area contributed by atoms with Gasteiger partial charge in [-0.05, 0) is 44.2 Å². The van der Waals surface area contributed by atoms with Gasteiger partial charge in [-0.15, -0.1) is 0 Å². The summed E-state index contributed by atoms with van der Waals surface area (Å²) in [6, 6.07) is 4.80. The Kier molecular flexibility index (Phi) is 4.31. The molecule has 0 spiro atoms. The van der Waals surface area contributed by atoms with Gasteiger partial charge in [0.2, 0.25) is 0 Å². The molecule has 2 amide bonds. The summed E-state index contributed by atoms with van der Waals surface area (Å²) in [6.07, 6.45) is 0.547. The van der Waals surface area contributed by atoms with Crippen LogP contribution in [0.2, 0.25) is 0 Å².